The maximum Gasteiger partial charge on any atom is 0.280 e. The predicted molar refractivity (Wildman–Crippen MR) is 92.5 cm³/mol. The molecule has 0 radical (unpaired) electrons. The summed E-state index contributed by atoms with van der Waals surface area (Å²) in [6.45, 7) is 1.64. The van der Waals surface area contributed by atoms with E-state index >= 15 is 0 Å². The number of aromatic nitrogens is 1. The third-order valence-electron chi connectivity index (χ3n) is 4.82. The molecule has 24 heavy (non-hydrogen) atoms. The molecular formula is C16H25N5O2S. The zero-order valence-electron chi connectivity index (χ0n) is 14.4. The summed E-state index contributed by atoms with van der Waals surface area (Å²) < 4.78 is 0. The minimum atomic E-state index is -0.179. The zero-order valence-corrected chi connectivity index (χ0v) is 15.2. The molecule has 0 aromatic carbocycles. The second-order valence-electron chi connectivity index (χ2n) is 7.05. The van der Waals surface area contributed by atoms with E-state index in [-0.39, 0.29) is 29.8 Å². The molecule has 2 amide bonds. The fourth-order valence-corrected chi connectivity index (χ4v) is 4.52. The smallest absolute Gasteiger partial charge is 0.280 e. The number of thiazole rings is 1. The lowest BCUT2D eigenvalue weighted by Crippen LogP contribution is -2.52. The van der Waals surface area contributed by atoms with Gasteiger partial charge in [0, 0.05) is 50.1 Å². The van der Waals surface area contributed by atoms with Crippen LogP contribution in [0.2, 0.25) is 0 Å². The molecule has 2 aliphatic rings. The first kappa shape index (κ1) is 17.3. The van der Waals surface area contributed by atoms with Crippen LogP contribution in [0.3, 0.4) is 0 Å². The average molecular weight is 351 g/mol. The summed E-state index contributed by atoms with van der Waals surface area (Å²) in [6, 6.07) is -0.292. The van der Waals surface area contributed by atoms with Crippen molar-refractivity contribution in [2.45, 2.75) is 44.4 Å². The topological polar surface area (TPSA) is 91.6 Å². The van der Waals surface area contributed by atoms with Crippen LogP contribution >= 0.6 is 11.3 Å². The van der Waals surface area contributed by atoms with Crippen LogP contribution in [0.4, 0.5) is 0 Å². The molecule has 1 aromatic heterocycles. The summed E-state index contributed by atoms with van der Waals surface area (Å²) in [5, 5.41) is 3.51. The van der Waals surface area contributed by atoms with Gasteiger partial charge in [-0.1, -0.05) is 0 Å². The highest BCUT2D eigenvalue weighted by atomic mass is 32.1. The second-order valence-corrected chi connectivity index (χ2v) is 8.13. The molecule has 0 saturated heterocycles. The van der Waals surface area contributed by atoms with Gasteiger partial charge in [-0.15, -0.1) is 11.3 Å². The van der Waals surface area contributed by atoms with Crippen LogP contribution < -0.4 is 11.1 Å². The number of nitrogens with two attached hydrogens (primary N) is 1. The molecule has 3 unspecified atom stereocenters. The van der Waals surface area contributed by atoms with Crippen LogP contribution in [-0.4, -0.2) is 59.8 Å². The van der Waals surface area contributed by atoms with E-state index < -0.39 is 0 Å². The number of rotatable bonds is 3. The fourth-order valence-electron chi connectivity index (χ4n) is 3.46. The Balaban J connectivity index is 1.64. The summed E-state index contributed by atoms with van der Waals surface area (Å²) in [4.78, 5) is 34.1. The highest BCUT2D eigenvalue weighted by molar-refractivity contribution is 7.13. The van der Waals surface area contributed by atoms with Gasteiger partial charge in [-0.25, -0.2) is 4.98 Å². The summed E-state index contributed by atoms with van der Waals surface area (Å²) in [5.41, 5.74) is 7.17. The van der Waals surface area contributed by atoms with Gasteiger partial charge in [0.1, 0.15) is 0 Å². The highest BCUT2D eigenvalue weighted by Crippen LogP contribution is 2.28. The lowest BCUT2D eigenvalue weighted by Gasteiger charge is -2.34. The number of carbonyl (C=O) groups is 2. The normalized spacial score (nSPS) is 26.9. The van der Waals surface area contributed by atoms with Crippen LogP contribution in [0, 0.1) is 5.92 Å². The molecule has 0 spiro atoms. The molecule has 1 saturated carbocycles. The number of hydrogen-bond donors (Lipinski definition) is 2. The van der Waals surface area contributed by atoms with E-state index in [1.54, 1.807) is 19.0 Å². The second kappa shape index (κ2) is 6.78. The van der Waals surface area contributed by atoms with E-state index in [2.05, 4.69) is 15.2 Å². The maximum absolute atomic E-state index is 12.5. The molecule has 3 rings (SSSR count). The molecular weight excluding hydrogens is 326 g/mol. The first-order valence-electron chi connectivity index (χ1n) is 8.30. The minimum Gasteiger partial charge on any atom is -0.349 e. The van der Waals surface area contributed by atoms with E-state index in [0.29, 0.717) is 11.4 Å². The molecule has 132 valence electrons. The quantitative estimate of drug-likeness (QED) is 0.823. The van der Waals surface area contributed by atoms with Crippen molar-refractivity contribution < 1.29 is 9.59 Å². The Bertz CT molecular complexity index is 621. The molecule has 0 bridgehead atoms. The first-order chi connectivity index (χ1) is 11.3. The number of carbonyl (C=O) groups excluding carboxylic acids is 2. The van der Waals surface area contributed by atoms with E-state index in [1.807, 2.05) is 7.05 Å². The summed E-state index contributed by atoms with van der Waals surface area (Å²) in [5.74, 6) is -0.132. The van der Waals surface area contributed by atoms with Gasteiger partial charge in [-0.2, -0.15) is 0 Å². The Morgan fingerprint density at radius 3 is 2.75 bits per heavy atom. The molecule has 1 fully saturated rings. The van der Waals surface area contributed by atoms with Crippen LogP contribution in [0.1, 0.15) is 39.6 Å². The average Bonchev–Trinajstić information content (AvgIpc) is 3.05. The number of fused-ring (bicyclic) bond motifs is 1. The van der Waals surface area contributed by atoms with Gasteiger partial charge in [0.25, 0.3) is 5.91 Å². The Morgan fingerprint density at radius 1 is 1.33 bits per heavy atom. The molecule has 1 aromatic rings. The number of nitrogens with one attached hydrogen (secondary N) is 1. The lowest BCUT2D eigenvalue weighted by atomic mass is 9.82. The van der Waals surface area contributed by atoms with Crippen molar-refractivity contribution in [1.29, 1.82) is 0 Å². The molecule has 2 heterocycles. The van der Waals surface area contributed by atoms with Gasteiger partial charge >= 0.3 is 0 Å². The van der Waals surface area contributed by atoms with Crippen molar-refractivity contribution in [3.63, 3.8) is 0 Å². The molecule has 7 nitrogen and oxygen atoms in total. The minimum absolute atomic E-state index is 0.0694. The van der Waals surface area contributed by atoms with Gasteiger partial charge in [0.05, 0.1) is 5.69 Å². The largest absolute Gasteiger partial charge is 0.349 e. The lowest BCUT2D eigenvalue weighted by molar-refractivity contribution is -0.134. The SMILES string of the molecule is CN1Cc2nc(C(=O)NC3CC(C(=O)N(C)C)CCC3N)sc2C1. The Labute approximate surface area is 146 Å². The van der Waals surface area contributed by atoms with E-state index in [1.165, 1.54) is 11.3 Å². The molecule has 3 N–H and O–H groups in total. The Hall–Kier alpha value is -1.51. The third kappa shape index (κ3) is 3.45. The zero-order chi connectivity index (χ0) is 17.4. The van der Waals surface area contributed by atoms with Crippen LogP contribution in [0.25, 0.3) is 0 Å². The van der Waals surface area contributed by atoms with Crippen molar-refractivity contribution in [2.24, 2.45) is 11.7 Å². The van der Waals surface area contributed by atoms with Crippen molar-refractivity contribution in [3.8, 4) is 0 Å². The standard InChI is InChI=1S/C16H25N5O2S/c1-20(2)16(23)9-4-5-10(17)11(6-9)18-14(22)15-19-12-7-21(3)8-13(12)24-15/h9-11H,4-8,17H2,1-3H3,(H,18,22). The van der Waals surface area contributed by atoms with Gasteiger partial charge in [-0.3, -0.25) is 14.5 Å². The highest BCUT2D eigenvalue weighted by Gasteiger charge is 2.34. The van der Waals surface area contributed by atoms with Crippen LogP contribution in [-0.2, 0) is 17.9 Å². The summed E-state index contributed by atoms with van der Waals surface area (Å²) in [7, 11) is 5.56. The van der Waals surface area contributed by atoms with Crippen molar-refractivity contribution in [1.82, 2.24) is 20.1 Å². The molecule has 3 atom stereocenters. The maximum atomic E-state index is 12.5. The van der Waals surface area contributed by atoms with Crippen LogP contribution in [0.15, 0.2) is 0 Å². The van der Waals surface area contributed by atoms with Crippen molar-refractivity contribution >= 4 is 23.2 Å². The predicted octanol–water partition coefficient (Wildman–Crippen LogP) is 0.403. The van der Waals surface area contributed by atoms with E-state index in [9.17, 15) is 9.59 Å². The van der Waals surface area contributed by atoms with Gasteiger partial charge < -0.3 is 16.0 Å². The van der Waals surface area contributed by atoms with Crippen LogP contribution in [0.5, 0.6) is 0 Å². The molecule has 1 aliphatic heterocycles. The van der Waals surface area contributed by atoms with E-state index in [0.717, 1.165) is 36.5 Å². The van der Waals surface area contributed by atoms with Gasteiger partial charge in [-0.05, 0) is 26.3 Å². The molecule has 8 heteroatoms. The first-order valence-corrected chi connectivity index (χ1v) is 9.11. The third-order valence-corrected chi connectivity index (χ3v) is 5.90. The van der Waals surface area contributed by atoms with E-state index in [4.69, 9.17) is 5.73 Å². The van der Waals surface area contributed by atoms with Crippen molar-refractivity contribution in [3.05, 3.63) is 15.6 Å². The number of nitrogens with zero attached hydrogens (tertiary/aromatic N) is 3. The summed E-state index contributed by atoms with van der Waals surface area (Å²) >= 11 is 1.45. The van der Waals surface area contributed by atoms with Gasteiger partial charge in [0.15, 0.2) is 5.01 Å². The number of hydrogen-bond acceptors (Lipinski definition) is 6. The number of amides is 2. The van der Waals surface area contributed by atoms with Gasteiger partial charge in [0.2, 0.25) is 5.91 Å². The summed E-state index contributed by atoms with van der Waals surface area (Å²) in [6.07, 6.45) is 2.12. The fraction of sp³-hybridized carbons (Fsp3) is 0.688. The Morgan fingerprint density at radius 2 is 2.08 bits per heavy atom. The Kier molecular flexibility index (Phi) is 4.89. The van der Waals surface area contributed by atoms with Crippen molar-refractivity contribution in [2.75, 3.05) is 21.1 Å². The monoisotopic (exact) mass is 351 g/mol. The molecule has 1 aliphatic carbocycles.